The highest BCUT2D eigenvalue weighted by Crippen LogP contribution is 2.49. The first-order valence-electron chi connectivity index (χ1n) is 9.26. The Hall–Kier alpha value is -1.06. The fraction of sp³-hybridized carbons (Fsp3) is 0.889. The Labute approximate surface area is 132 Å². The van der Waals surface area contributed by atoms with Gasteiger partial charge in [-0.15, -0.1) is 0 Å². The molecular weight excluding hydrogens is 276 g/mol. The zero-order valence-corrected chi connectivity index (χ0v) is 13.4. The van der Waals surface area contributed by atoms with Crippen LogP contribution in [0.5, 0.6) is 0 Å². The number of hydrogen-bond acceptors (Lipinski definition) is 2. The van der Waals surface area contributed by atoms with Crippen molar-refractivity contribution in [2.24, 2.45) is 35.5 Å². The van der Waals surface area contributed by atoms with Gasteiger partial charge in [-0.25, -0.2) is 0 Å². The molecule has 4 saturated carbocycles. The fourth-order valence-corrected chi connectivity index (χ4v) is 5.77. The molecule has 0 aliphatic heterocycles. The van der Waals surface area contributed by atoms with E-state index < -0.39 is 0 Å². The summed E-state index contributed by atoms with van der Waals surface area (Å²) in [4.78, 5) is 24.4. The summed E-state index contributed by atoms with van der Waals surface area (Å²) >= 11 is 0. The summed E-state index contributed by atoms with van der Waals surface area (Å²) in [7, 11) is 0. The van der Waals surface area contributed by atoms with Crippen molar-refractivity contribution in [3.8, 4) is 0 Å². The molecule has 0 aromatic carbocycles. The number of nitrogens with one attached hydrogen (secondary N) is 2. The monoisotopic (exact) mass is 304 g/mol. The molecule has 0 aromatic rings. The number of rotatable bonds is 5. The maximum atomic E-state index is 12.2. The minimum absolute atomic E-state index is 0.223. The second-order valence-corrected chi connectivity index (χ2v) is 8.14. The lowest BCUT2D eigenvalue weighted by Gasteiger charge is -2.22. The Morgan fingerprint density at radius 1 is 0.682 bits per heavy atom. The molecule has 2 N–H and O–H groups in total. The molecule has 0 heterocycles. The second-order valence-electron chi connectivity index (χ2n) is 8.14. The van der Waals surface area contributed by atoms with Crippen LogP contribution in [0.15, 0.2) is 0 Å². The van der Waals surface area contributed by atoms with Gasteiger partial charge in [-0.05, 0) is 62.2 Å². The molecule has 0 saturated heterocycles. The van der Waals surface area contributed by atoms with E-state index in [2.05, 4.69) is 10.6 Å². The highest BCUT2D eigenvalue weighted by molar-refractivity contribution is 5.80. The SMILES string of the molecule is O=C(NCCNC(=O)[C@@H]1C[C@@H]2CC[C@@H]1C2)[C@H]1C[C@H]2CC[C@@H]1C2. The van der Waals surface area contributed by atoms with Crippen molar-refractivity contribution in [3.05, 3.63) is 0 Å². The van der Waals surface area contributed by atoms with Crippen LogP contribution in [-0.4, -0.2) is 24.9 Å². The van der Waals surface area contributed by atoms with E-state index in [4.69, 9.17) is 0 Å². The maximum Gasteiger partial charge on any atom is 0.223 e. The summed E-state index contributed by atoms with van der Waals surface area (Å²) in [6.45, 7) is 1.17. The molecule has 4 heteroatoms. The van der Waals surface area contributed by atoms with E-state index in [0.29, 0.717) is 24.9 Å². The zero-order chi connectivity index (χ0) is 15.1. The van der Waals surface area contributed by atoms with E-state index >= 15 is 0 Å². The van der Waals surface area contributed by atoms with Gasteiger partial charge in [0, 0.05) is 24.9 Å². The fourth-order valence-electron chi connectivity index (χ4n) is 5.77. The number of carbonyl (C=O) groups excluding carboxylic acids is 2. The summed E-state index contributed by atoms with van der Waals surface area (Å²) in [6, 6.07) is 0. The quantitative estimate of drug-likeness (QED) is 0.764. The van der Waals surface area contributed by atoms with Crippen molar-refractivity contribution in [3.63, 3.8) is 0 Å². The van der Waals surface area contributed by atoms with Gasteiger partial charge in [-0.1, -0.05) is 12.8 Å². The highest BCUT2D eigenvalue weighted by atomic mass is 16.2. The van der Waals surface area contributed by atoms with Crippen molar-refractivity contribution >= 4 is 11.8 Å². The predicted molar refractivity (Wildman–Crippen MR) is 83.9 cm³/mol. The third-order valence-electron chi connectivity index (χ3n) is 6.87. The molecule has 0 radical (unpaired) electrons. The molecule has 4 rings (SSSR count). The van der Waals surface area contributed by atoms with Crippen LogP contribution in [0.1, 0.15) is 51.4 Å². The molecule has 4 bridgehead atoms. The Morgan fingerprint density at radius 3 is 1.45 bits per heavy atom. The smallest absolute Gasteiger partial charge is 0.223 e. The topological polar surface area (TPSA) is 58.2 Å². The lowest BCUT2D eigenvalue weighted by atomic mass is 9.88. The lowest BCUT2D eigenvalue weighted by molar-refractivity contribution is -0.128. The number of fused-ring (bicyclic) bond motifs is 4. The van der Waals surface area contributed by atoms with Crippen LogP contribution in [0, 0.1) is 35.5 Å². The number of carbonyl (C=O) groups is 2. The third kappa shape index (κ3) is 2.65. The van der Waals surface area contributed by atoms with Crippen LogP contribution < -0.4 is 10.6 Å². The van der Waals surface area contributed by atoms with Gasteiger partial charge in [0.1, 0.15) is 0 Å². The van der Waals surface area contributed by atoms with Gasteiger partial charge in [-0.3, -0.25) is 9.59 Å². The van der Waals surface area contributed by atoms with Crippen LogP contribution in [0.3, 0.4) is 0 Å². The maximum absolute atomic E-state index is 12.2. The Kier molecular flexibility index (Phi) is 3.87. The van der Waals surface area contributed by atoms with Gasteiger partial charge in [0.05, 0.1) is 0 Å². The average Bonchev–Trinajstić information content (AvgIpc) is 3.30. The van der Waals surface area contributed by atoms with Gasteiger partial charge < -0.3 is 10.6 Å². The molecule has 4 fully saturated rings. The molecule has 0 spiro atoms. The van der Waals surface area contributed by atoms with E-state index in [9.17, 15) is 9.59 Å². The molecule has 4 nitrogen and oxygen atoms in total. The molecular formula is C18H28N2O2. The third-order valence-corrected chi connectivity index (χ3v) is 6.87. The minimum atomic E-state index is 0.223. The van der Waals surface area contributed by atoms with Crippen LogP contribution in [0.4, 0.5) is 0 Å². The Bertz CT molecular complexity index is 422. The van der Waals surface area contributed by atoms with Gasteiger partial charge in [0.25, 0.3) is 0 Å². The Morgan fingerprint density at radius 2 is 1.14 bits per heavy atom. The van der Waals surface area contributed by atoms with Crippen molar-refractivity contribution in [1.29, 1.82) is 0 Å². The molecule has 0 unspecified atom stereocenters. The summed E-state index contributed by atoms with van der Waals surface area (Å²) in [5.41, 5.74) is 0. The molecule has 2 amide bonds. The van der Waals surface area contributed by atoms with Gasteiger partial charge >= 0.3 is 0 Å². The first-order chi connectivity index (χ1) is 10.7. The summed E-state index contributed by atoms with van der Waals surface area (Å²) < 4.78 is 0. The molecule has 22 heavy (non-hydrogen) atoms. The molecule has 122 valence electrons. The molecule has 0 aromatic heterocycles. The molecule has 6 atom stereocenters. The first-order valence-corrected chi connectivity index (χ1v) is 9.26. The Balaban J connectivity index is 1.15. The van der Waals surface area contributed by atoms with Crippen LogP contribution in [0.2, 0.25) is 0 Å². The molecule has 4 aliphatic rings. The lowest BCUT2D eigenvalue weighted by Crippen LogP contribution is -2.41. The van der Waals surface area contributed by atoms with Crippen molar-refractivity contribution in [2.75, 3.05) is 13.1 Å². The van der Waals surface area contributed by atoms with E-state index in [1.165, 1.54) is 38.5 Å². The van der Waals surface area contributed by atoms with Crippen molar-refractivity contribution < 1.29 is 9.59 Å². The van der Waals surface area contributed by atoms with Gasteiger partial charge in [0.2, 0.25) is 11.8 Å². The van der Waals surface area contributed by atoms with Crippen LogP contribution >= 0.6 is 0 Å². The van der Waals surface area contributed by atoms with E-state index in [1.807, 2.05) is 0 Å². The normalized spacial score (nSPS) is 41.8. The van der Waals surface area contributed by atoms with Crippen LogP contribution in [-0.2, 0) is 9.59 Å². The summed E-state index contributed by atoms with van der Waals surface area (Å²) in [5, 5.41) is 6.07. The zero-order valence-electron chi connectivity index (χ0n) is 13.4. The van der Waals surface area contributed by atoms with Crippen molar-refractivity contribution in [1.82, 2.24) is 10.6 Å². The molecule has 4 aliphatic carbocycles. The summed E-state index contributed by atoms with van der Waals surface area (Å²) in [5.74, 6) is 3.82. The van der Waals surface area contributed by atoms with Gasteiger partial charge in [-0.2, -0.15) is 0 Å². The predicted octanol–water partition coefficient (Wildman–Crippen LogP) is 2.09. The van der Waals surface area contributed by atoms with E-state index in [-0.39, 0.29) is 23.7 Å². The highest BCUT2D eigenvalue weighted by Gasteiger charge is 2.43. The first kappa shape index (κ1) is 14.5. The largest absolute Gasteiger partial charge is 0.354 e. The van der Waals surface area contributed by atoms with E-state index in [1.54, 1.807) is 0 Å². The van der Waals surface area contributed by atoms with Gasteiger partial charge in [0.15, 0.2) is 0 Å². The average molecular weight is 304 g/mol. The van der Waals surface area contributed by atoms with Crippen molar-refractivity contribution in [2.45, 2.75) is 51.4 Å². The van der Waals surface area contributed by atoms with Crippen LogP contribution in [0.25, 0.3) is 0 Å². The number of amides is 2. The number of hydrogen-bond donors (Lipinski definition) is 2. The standard InChI is InChI=1S/C18H28N2O2/c21-17(15-9-11-1-3-13(15)7-11)19-5-6-20-18(22)16-10-12-2-4-14(16)8-12/h11-16H,1-10H2,(H,19,21)(H,20,22)/t11-,12+,13-,14-,15-,16+/m1/s1. The second kappa shape index (κ2) is 5.86. The minimum Gasteiger partial charge on any atom is -0.354 e. The summed E-state index contributed by atoms with van der Waals surface area (Å²) in [6.07, 6.45) is 9.84. The van der Waals surface area contributed by atoms with E-state index in [0.717, 1.165) is 24.7 Å².